The minimum atomic E-state index is 0.275. The zero-order valence-corrected chi connectivity index (χ0v) is 18.7. The van der Waals surface area contributed by atoms with Crippen LogP contribution in [0.25, 0.3) is 11.3 Å². The average molecular weight is 440 g/mol. The summed E-state index contributed by atoms with van der Waals surface area (Å²) in [5.41, 5.74) is 4.15. The molecule has 9 heteroatoms. The molecule has 1 aliphatic rings. The number of nitrogens with zero attached hydrogens (tertiary/aromatic N) is 4. The van der Waals surface area contributed by atoms with Gasteiger partial charge in [-0.05, 0) is 51.8 Å². The summed E-state index contributed by atoms with van der Waals surface area (Å²) in [6.45, 7) is 7.74. The molecule has 1 fully saturated rings. The van der Waals surface area contributed by atoms with Crippen molar-refractivity contribution in [1.29, 1.82) is 0 Å². The molecule has 1 aliphatic carbocycles. The van der Waals surface area contributed by atoms with Gasteiger partial charge in [0.1, 0.15) is 18.1 Å². The molecular weight excluding hydrogens is 410 g/mol. The summed E-state index contributed by atoms with van der Waals surface area (Å²) in [5, 5.41) is 15.8. The predicted molar refractivity (Wildman–Crippen MR) is 117 cm³/mol. The van der Waals surface area contributed by atoms with Crippen molar-refractivity contribution in [2.75, 3.05) is 13.3 Å². The summed E-state index contributed by atoms with van der Waals surface area (Å²) in [6.07, 6.45) is 4.25. The molecule has 0 aliphatic heterocycles. The van der Waals surface area contributed by atoms with E-state index < -0.39 is 0 Å². The molecule has 1 saturated carbocycles. The van der Waals surface area contributed by atoms with Crippen LogP contribution in [0.4, 0.5) is 0 Å². The first-order chi connectivity index (χ1) is 15.6. The molecule has 0 saturated heterocycles. The van der Waals surface area contributed by atoms with Crippen molar-refractivity contribution < 1.29 is 18.7 Å². The Morgan fingerprint density at radius 1 is 1.09 bits per heavy atom. The van der Waals surface area contributed by atoms with Crippen molar-refractivity contribution in [3.05, 3.63) is 53.2 Å². The maximum absolute atomic E-state index is 5.82. The number of pyridine rings is 1. The van der Waals surface area contributed by atoms with Crippen molar-refractivity contribution in [1.82, 2.24) is 25.7 Å². The van der Waals surface area contributed by atoms with E-state index in [1.807, 2.05) is 39.0 Å². The third-order valence-corrected chi connectivity index (χ3v) is 5.45. The molecule has 4 rings (SSSR count). The van der Waals surface area contributed by atoms with Gasteiger partial charge in [-0.25, -0.2) is 0 Å². The van der Waals surface area contributed by atoms with Gasteiger partial charge in [0.2, 0.25) is 5.88 Å². The van der Waals surface area contributed by atoms with E-state index in [0.29, 0.717) is 37.1 Å². The van der Waals surface area contributed by atoms with Gasteiger partial charge >= 0.3 is 0 Å². The summed E-state index contributed by atoms with van der Waals surface area (Å²) >= 11 is 0. The molecule has 0 spiro atoms. The van der Waals surface area contributed by atoms with Gasteiger partial charge in [0, 0.05) is 36.2 Å². The molecule has 32 heavy (non-hydrogen) atoms. The normalized spacial score (nSPS) is 17.8. The predicted octanol–water partition coefficient (Wildman–Crippen LogP) is 3.35. The van der Waals surface area contributed by atoms with E-state index in [1.54, 1.807) is 12.3 Å². The molecular formula is C23H29N5O4. The average Bonchev–Trinajstić information content (AvgIpc) is 3.14. The Balaban J connectivity index is 1.23. The summed E-state index contributed by atoms with van der Waals surface area (Å²) in [4.78, 5) is 4.33. The Morgan fingerprint density at radius 2 is 1.97 bits per heavy atom. The summed E-state index contributed by atoms with van der Waals surface area (Å²) in [6, 6.07) is 8.01. The van der Waals surface area contributed by atoms with Crippen LogP contribution in [-0.2, 0) is 22.7 Å². The maximum Gasteiger partial charge on any atom is 0.233 e. The lowest BCUT2D eigenvalue weighted by atomic mass is 9.89. The molecule has 3 aromatic heterocycles. The molecule has 0 radical (unpaired) electrons. The molecule has 0 amide bonds. The molecule has 1 N–H and O–H groups in total. The van der Waals surface area contributed by atoms with Gasteiger partial charge in [-0.1, -0.05) is 5.16 Å². The third kappa shape index (κ3) is 5.67. The standard InChI is InChI=1S/C23H29N5O4/c1-4-30-20-9-19(10-20)25-14-29-12-18-7-8-22(27-26-18)31-13-21-16(3)32-28-23(21)17-6-5-15(2)24-11-17/h5-8,11,19-20,25H,4,9-10,12-14H2,1-3H3/t19-,20-. The van der Waals surface area contributed by atoms with Gasteiger partial charge in [-0.2, -0.15) is 0 Å². The molecule has 3 heterocycles. The Kier molecular flexibility index (Phi) is 7.41. The zero-order chi connectivity index (χ0) is 22.3. The first kappa shape index (κ1) is 22.3. The molecule has 9 nitrogen and oxygen atoms in total. The van der Waals surface area contributed by atoms with Gasteiger partial charge in [0.25, 0.3) is 0 Å². The number of rotatable bonds is 11. The minimum Gasteiger partial charge on any atom is -0.472 e. The highest BCUT2D eigenvalue weighted by molar-refractivity contribution is 5.62. The molecule has 0 unspecified atom stereocenters. The quantitative estimate of drug-likeness (QED) is 0.356. The minimum absolute atomic E-state index is 0.275. The molecule has 170 valence electrons. The highest BCUT2D eigenvalue weighted by atomic mass is 16.5. The largest absolute Gasteiger partial charge is 0.472 e. The van der Waals surface area contributed by atoms with Crippen LogP contribution in [0.2, 0.25) is 0 Å². The van der Waals surface area contributed by atoms with Crippen molar-refractivity contribution >= 4 is 0 Å². The lowest BCUT2D eigenvalue weighted by Gasteiger charge is -2.35. The first-order valence-corrected chi connectivity index (χ1v) is 10.9. The molecule has 0 atom stereocenters. The van der Waals surface area contributed by atoms with Gasteiger partial charge in [0.05, 0.1) is 30.7 Å². The number of ether oxygens (including phenoxy) is 3. The van der Waals surface area contributed by atoms with E-state index in [4.69, 9.17) is 18.7 Å². The molecule has 0 bridgehead atoms. The summed E-state index contributed by atoms with van der Waals surface area (Å²) in [7, 11) is 0. The van der Waals surface area contributed by atoms with Crippen molar-refractivity contribution in [3.8, 4) is 17.1 Å². The van der Waals surface area contributed by atoms with E-state index in [1.165, 1.54) is 0 Å². The van der Waals surface area contributed by atoms with Gasteiger partial charge < -0.3 is 18.7 Å². The van der Waals surface area contributed by atoms with Crippen LogP contribution in [0.15, 0.2) is 35.0 Å². The lowest BCUT2D eigenvalue weighted by molar-refractivity contribution is -0.0213. The maximum atomic E-state index is 5.82. The van der Waals surface area contributed by atoms with Crippen LogP contribution in [-0.4, -0.2) is 45.8 Å². The van der Waals surface area contributed by atoms with Crippen LogP contribution < -0.4 is 10.1 Å². The van der Waals surface area contributed by atoms with E-state index in [0.717, 1.165) is 47.7 Å². The van der Waals surface area contributed by atoms with Crippen molar-refractivity contribution in [2.45, 2.75) is 59.0 Å². The Labute approximate surface area is 187 Å². The fraction of sp³-hybridized carbons (Fsp3) is 0.478. The Morgan fingerprint density at radius 3 is 2.69 bits per heavy atom. The molecule has 3 aromatic rings. The molecule has 0 aromatic carbocycles. The van der Waals surface area contributed by atoms with Crippen molar-refractivity contribution in [2.24, 2.45) is 0 Å². The highest BCUT2D eigenvalue weighted by Crippen LogP contribution is 2.26. The summed E-state index contributed by atoms with van der Waals surface area (Å²) < 4.78 is 22.4. The van der Waals surface area contributed by atoms with Crippen LogP contribution in [0, 0.1) is 13.8 Å². The Hall–Kier alpha value is -2.88. The number of nitrogens with one attached hydrogen (secondary N) is 1. The lowest BCUT2D eigenvalue weighted by Crippen LogP contribution is -2.46. The third-order valence-electron chi connectivity index (χ3n) is 5.45. The number of aryl methyl sites for hydroxylation is 2. The van der Waals surface area contributed by atoms with E-state index in [-0.39, 0.29) is 6.61 Å². The topological polar surface area (TPSA) is 104 Å². The van der Waals surface area contributed by atoms with Crippen LogP contribution in [0.5, 0.6) is 5.88 Å². The van der Waals surface area contributed by atoms with Crippen LogP contribution >= 0.6 is 0 Å². The zero-order valence-electron chi connectivity index (χ0n) is 18.7. The van der Waals surface area contributed by atoms with Gasteiger partial charge in [-0.15, -0.1) is 10.2 Å². The SMILES string of the molecule is CCO[C@H]1C[C@H](NCOCc2ccc(OCc3c(-c4ccc(C)nc4)noc3C)nn2)C1. The first-order valence-electron chi connectivity index (χ1n) is 10.9. The van der Waals surface area contributed by atoms with E-state index in [9.17, 15) is 0 Å². The van der Waals surface area contributed by atoms with Gasteiger partial charge in [-0.3, -0.25) is 10.3 Å². The smallest absolute Gasteiger partial charge is 0.233 e. The second-order valence-corrected chi connectivity index (χ2v) is 7.85. The Bertz CT molecular complexity index is 985. The second-order valence-electron chi connectivity index (χ2n) is 7.85. The van der Waals surface area contributed by atoms with E-state index in [2.05, 4.69) is 25.7 Å². The van der Waals surface area contributed by atoms with Crippen LogP contribution in [0.1, 0.15) is 42.5 Å². The number of hydrogen-bond donors (Lipinski definition) is 1. The monoisotopic (exact) mass is 439 g/mol. The van der Waals surface area contributed by atoms with Crippen LogP contribution in [0.3, 0.4) is 0 Å². The van der Waals surface area contributed by atoms with Gasteiger partial charge in [0.15, 0.2) is 0 Å². The summed E-state index contributed by atoms with van der Waals surface area (Å²) in [5.74, 6) is 1.13. The van der Waals surface area contributed by atoms with E-state index >= 15 is 0 Å². The fourth-order valence-electron chi connectivity index (χ4n) is 3.48. The second kappa shape index (κ2) is 10.6. The number of aromatic nitrogens is 4. The number of hydrogen-bond acceptors (Lipinski definition) is 9. The highest BCUT2D eigenvalue weighted by Gasteiger charge is 2.28. The fourth-order valence-corrected chi connectivity index (χ4v) is 3.48. The van der Waals surface area contributed by atoms with Crippen molar-refractivity contribution in [3.63, 3.8) is 0 Å².